The Labute approximate surface area is 64.3 Å². The Morgan fingerprint density at radius 1 is 1.36 bits per heavy atom. The van der Waals surface area contributed by atoms with E-state index in [0.29, 0.717) is 12.5 Å². The summed E-state index contributed by atoms with van der Waals surface area (Å²) in [4.78, 5) is 21.6. The zero-order valence-electron chi connectivity index (χ0n) is 6.09. The minimum atomic E-state index is -0.255. The molecule has 0 aromatic heterocycles. The van der Waals surface area contributed by atoms with Crippen molar-refractivity contribution in [2.24, 2.45) is 0 Å². The van der Waals surface area contributed by atoms with Crippen molar-refractivity contribution in [3.8, 4) is 0 Å². The van der Waals surface area contributed by atoms with Crippen molar-refractivity contribution in [1.29, 1.82) is 0 Å². The largest absolute Gasteiger partial charge is 0.303 e. The van der Waals surface area contributed by atoms with E-state index >= 15 is 0 Å². The van der Waals surface area contributed by atoms with E-state index in [0.717, 1.165) is 12.8 Å². The molecule has 60 valence electrons. The predicted molar refractivity (Wildman–Crippen MR) is 37.7 cm³/mol. The number of carbonyl (C=O) groups is 2. The van der Waals surface area contributed by atoms with Crippen LogP contribution < -0.4 is 10.6 Å². The van der Waals surface area contributed by atoms with Gasteiger partial charge in [0.1, 0.15) is 0 Å². The smallest absolute Gasteiger partial charge is 0.244 e. The van der Waals surface area contributed by atoms with Crippen molar-refractivity contribution in [1.82, 2.24) is 10.6 Å². The van der Waals surface area contributed by atoms with Crippen LogP contribution in [0.3, 0.4) is 0 Å². The highest BCUT2D eigenvalue weighted by Gasteiger charge is 2.34. The van der Waals surface area contributed by atoms with E-state index in [2.05, 4.69) is 10.6 Å². The lowest BCUT2D eigenvalue weighted by Gasteiger charge is -2.05. The fraction of sp³-hybridized carbons (Fsp3) is 0.714. The Balaban J connectivity index is 1.91. The standard InChI is InChI=1S/C7H10N2O2/c10-6-3-5(7(11)9-6)8-4-1-2-4/h4-5,8H,1-3H2,(H,9,10,11)/t5-/m1/s1. The lowest BCUT2D eigenvalue weighted by Crippen LogP contribution is -2.37. The molecule has 1 saturated heterocycles. The molecule has 1 atom stereocenters. The Bertz CT molecular complexity index is 210. The molecule has 1 saturated carbocycles. The van der Waals surface area contributed by atoms with E-state index in [4.69, 9.17) is 0 Å². The van der Waals surface area contributed by atoms with Crippen LogP contribution in [0.4, 0.5) is 0 Å². The normalized spacial score (nSPS) is 30.7. The first kappa shape index (κ1) is 6.79. The third-order valence-electron chi connectivity index (χ3n) is 1.98. The summed E-state index contributed by atoms with van der Waals surface area (Å²) >= 11 is 0. The molecule has 4 nitrogen and oxygen atoms in total. The fourth-order valence-corrected chi connectivity index (χ4v) is 1.22. The molecule has 2 fully saturated rings. The molecule has 0 spiro atoms. The van der Waals surface area contributed by atoms with Crippen LogP contribution in [0.5, 0.6) is 0 Å². The highest BCUT2D eigenvalue weighted by atomic mass is 16.2. The Kier molecular flexibility index (Phi) is 1.42. The van der Waals surface area contributed by atoms with Crippen LogP contribution >= 0.6 is 0 Å². The quantitative estimate of drug-likeness (QED) is 0.509. The zero-order chi connectivity index (χ0) is 7.84. The molecule has 0 unspecified atom stereocenters. The van der Waals surface area contributed by atoms with Gasteiger partial charge in [-0.2, -0.15) is 0 Å². The Morgan fingerprint density at radius 3 is 2.55 bits per heavy atom. The van der Waals surface area contributed by atoms with Gasteiger partial charge in [0.05, 0.1) is 12.5 Å². The van der Waals surface area contributed by atoms with Crippen molar-refractivity contribution in [2.45, 2.75) is 31.3 Å². The molecule has 0 radical (unpaired) electrons. The van der Waals surface area contributed by atoms with Crippen molar-refractivity contribution >= 4 is 11.8 Å². The van der Waals surface area contributed by atoms with Gasteiger partial charge in [0.2, 0.25) is 11.8 Å². The summed E-state index contributed by atoms with van der Waals surface area (Å²) in [6.07, 6.45) is 2.59. The van der Waals surface area contributed by atoms with E-state index in [1.54, 1.807) is 0 Å². The van der Waals surface area contributed by atoms with Gasteiger partial charge >= 0.3 is 0 Å². The summed E-state index contributed by atoms with van der Waals surface area (Å²) in [7, 11) is 0. The third-order valence-corrected chi connectivity index (χ3v) is 1.98. The highest BCUT2D eigenvalue weighted by molar-refractivity contribution is 6.05. The second-order valence-electron chi connectivity index (χ2n) is 3.11. The second-order valence-corrected chi connectivity index (χ2v) is 3.11. The molecule has 2 N–H and O–H groups in total. The van der Waals surface area contributed by atoms with E-state index < -0.39 is 0 Å². The molecule has 0 bridgehead atoms. The molecule has 0 aromatic rings. The van der Waals surface area contributed by atoms with Gasteiger partial charge in [-0.3, -0.25) is 14.9 Å². The van der Waals surface area contributed by atoms with Crippen LogP contribution in [-0.2, 0) is 9.59 Å². The maximum atomic E-state index is 11.0. The average molecular weight is 154 g/mol. The zero-order valence-corrected chi connectivity index (χ0v) is 6.09. The SMILES string of the molecule is O=C1C[C@@H](NC2CC2)C(=O)N1. The van der Waals surface area contributed by atoms with E-state index in [-0.39, 0.29) is 17.9 Å². The molecule has 1 aliphatic carbocycles. The molecular weight excluding hydrogens is 144 g/mol. The maximum absolute atomic E-state index is 11.0. The summed E-state index contributed by atoms with van der Waals surface area (Å²) in [5, 5.41) is 5.36. The van der Waals surface area contributed by atoms with Gasteiger partial charge < -0.3 is 5.32 Å². The first-order valence-corrected chi connectivity index (χ1v) is 3.85. The summed E-state index contributed by atoms with van der Waals surface area (Å²) in [5.41, 5.74) is 0. The number of hydrogen-bond acceptors (Lipinski definition) is 3. The lowest BCUT2D eigenvalue weighted by atomic mass is 10.2. The van der Waals surface area contributed by atoms with Crippen LogP contribution in [-0.4, -0.2) is 23.9 Å². The van der Waals surface area contributed by atoms with Gasteiger partial charge in [-0.25, -0.2) is 0 Å². The second kappa shape index (κ2) is 2.30. The van der Waals surface area contributed by atoms with Gasteiger partial charge in [-0.1, -0.05) is 0 Å². The van der Waals surface area contributed by atoms with Crippen molar-refractivity contribution in [3.63, 3.8) is 0 Å². The maximum Gasteiger partial charge on any atom is 0.244 e. The summed E-state index contributed by atoms with van der Waals surface area (Å²) in [5.74, 6) is -0.324. The molecule has 0 aromatic carbocycles. The van der Waals surface area contributed by atoms with E-state index in [1.807, 2.05) is 0 Å². The van der Waals surface area contributed by atoms with Crippen molar-refractivity contribution < 1.29 is 9.59 Å². The van der Waals surface area contributed by atoms with Gasteiger partial charge in [0, 0.05) is 6.04 Å². The topological polar surface area (TPSA) is 58.2 Å². The van der Waals surface area contributed by atoms with Crippen LogP contribution in [0, 0.1) is 0 Å². The Hall–Kier alpha value is -0.900. The molecule has 1 aliphatic heterocycles. The van der Waals surface area contributed by atoms with Crippen molar-refractivity contribution in [2.75, 3.05) is 0 Å². The van der Waals surface area contributed by atoms with Crippen LogP contribution in [0.1, 0.15) is 19.3 Å². The third kappa shape index (κ3) is 1.40. The van der Waals surface area contributed by atoms with E-state index in [1.165, 1.54) is 0 Å². The number of amides is 2. The molecule has 2 amide bonds. The molecule has 2 rings (SSSR count). The van der Waals surface area contributed by atoms with Gasteiger partial charge in [0.15, 0.2) is 0 Å². The van der Waals surface area contributed by atoms with Gasteiger partial charge in [0.25, 0.3) is 0 Å². The minimum absolute atomic E-state index is 0.159. The first-order valence-electron chi connectivity index (χ1n) is 3.85. The number of nitrogens with one attached hydrogen (secondary N) is 2. The predicted octanol–water partition coefficient (Wildman–Crippen LogP) is -0.847. The Morgan fingerprint density at radius 2 is 2.09 bits per heavy atom. The van der Waals surface area contributed by atoms with Crippen LogP contribution in [0.15, 0.2) is 0 Å². The fourth-order valence-electron chi connectivity index (χ4n) is 1.22. The number of hydrogen-bond donors (Lipinski definition) is 2. The van der Waals surface area contributed by atoms with Gasteiger partial charge in [-0.05, 0) is 12.8 Å². The minimum Gasteiger partial charge on any atom is -0.303 e. The number of carbonyl (C=O) groups excluding carboxylic acids is 2. The molecule has 1 heterocycles. The number of imide groups is 1. The monoisotopic (exact) mass is 154 g/mol. The van der Waals surface area contributed by atoms with Crippen LogP contribution in [0.25, 0.3) is 0 Å². The molecule has 11 heavy (non-hydrogen) atoms. The first-order chi connectivity index (χ1) is 5.25. The number of rotatable bonds is 2. The lowest BCUT2D eigenvalue weighted by molar-refractivity contribution is -0.125. The molecular formula is C7H10N2O2. The van der Waals surface area contributed by atoms with E-state index in [9.17, 15) is 9.59 Å². The summed E-state index contributed by atoms with van der Waals surface area (Å²) in [6, 6.07) is 0.228. The van der Waals surface area contributed by atoms with Crippen molar-refractivity contribution in [3.05, 3.63) is 0 Å². The average Bonchev–Trinajstić information content (AvgIpc) is 2.64. The van der Waals surface area contributed by atoms with Crippen LogP contribution in [0.2, 0.25) is 0 Å². The van der Waals surface area contributed by atoms with Gasteiger partial charge in [-0.15, -0.1) is 0 Å². The summed E-state index contributed by atoms with van der Waals surface area (Å²) in [6.45, 7) is 0. The summed E-state index contributed by atoms with van der Waals surface area (Å²) < 4.78 is 0. The molecule has 2 aliphatic rings. The highest BCUT2D eigenvalue weighted by Crippen LogP contribution is 2.20. The molecule has 4 heteroatoms.